The SMILES string of the molecule is C[C@@H]1C[C@@H](C(=O)O)N(C(=O)CN)C1. The van der Waals surface area contributed by atoms with Gasteiger partial charge in [-0.1, -0.05) is 6.92 Å². The molecule has 0 spiro atoms. The number of likely N-dealkylation sites (tertiary alicyclic amines) is 1. The largest absolute Gasteiger partial charge is 0.480 e. The molecule has 1 aliphatic heterocycles. The van der Waals surface area contributed by atoms with Gasteiger partial charge in [-0.15, -0.1) is 0 Å². The lowest BCUT2D eigenvalue weighted by atomic mass is 10.1. The van der Waals surface area contributed by atoms with Gasteiger partial charge in [0.05, 0.1) is 6.54 Å². The summed E-state index contributed by atoms with van der Waals surface area (Å²) in [6.45, 7) is 2.32. The second-order valence-corrected chi connectivity index (χ2v) is 3.45. The fraction of sp³-hybridized carbons (Fsp3) is 0.750. The van der Waals surface area contributed by atoms with E-state index in [1.54, 1.807) is 0 Å². The lowest BCUT2D eigenvalue weighted by Crippen LogP contribution is -2.43. The van der Waals surface area contributed by atoms with E-state index in [-0.39, 0.29) is 18.4 Å². The van der Waals surface area contributed by atoms with Crippen LogP contribution in [0.5, 0.6) is 0 Å². The van der Waals surface area contributed by atoms with E-state index in [2.05, 4.69) is 0 Å². The summed E-state index contributed by atoms with van der Waals surface area (Å²) in [7, 11) is 0. The third-order valence-electron chi connectivity index (χ3n) is 2.29. The number of hydrogen-bond donors (Lipinski definition) is 2. The molecular formula is C8H14N2O3. The first-order valence-electron chi connectivity index (χ1n) is 4.28. The van der Waals surface area contributed by atoms with Gasteiger partial charge in [0.2, 0.25) is 5.91 Å². The van der Waals surface area contributed by atoms with E-state index in [4.69, 9.17) is 10.8 Å². The van der Waals surface area contributed by atoms with Crippen LogP contribution < -0.4 is 5.73 Å². The standard InChI is InChI=1S/C8H14N2O3/c1-5-2-6(8(12)13)10(4-5)7(11)3-9/h5-6H,2-4,9H2,1H3,(H,12,13)/t5-,6+/m1/s1. The number of nitrogens with two attached hydrogens (primary N) is 1. The lowest BCUT2D eigenvalue weighted by molar-refractivity contribution is -0.147. The summed E-state index contributed by atoms with van der Waals surface area (Å²) in [5.74, 6) is -0.973. The molecule has 1 heterocycles. The number of carbonyl (C=O) groups is 2. The van der Waals surface area contributed by atoms with Crippen molar-refractivity contribution in [3.63, 3.8) is 0 Å². The second-order valence-electron chi connectivity index (χ2n) is 3.45. The third kappa shape index (κ3) is 1.98. The van der Waals surface area contributed by atoms with E-state index < -0.39 is 12.0 Å². The molecule has 0 aromatic carbocycles. The lowest BCUT2D eigenvalue weighted by Gasteiger charge is -2.20. The molecule has 1 rings (SSSR count). The molecule has 0 aromatic heterocycles. The fourth-order valence-electron chi connectivity index (χ4n) is 1.67. The first-order valence-corrected chi connectivity index (χ1v) is 4.28. The number of hydrogen-bond acceptors (Lipinski definition) is 3. The molecular weight excluding hydrogens is 172 g/mol. The highest BCUT2D eigenvalue weighted by atomic mass is 16.4. The molecule has 2 atom stereocenters. The number of carbonyl (C=O) groups excluding carboxylic acids is 1. The molecule has 0 bridgehead atoms. The van der Waals surface area contributed by atoms with Gasteiger partial charge in [-0.25, -0.2) is 4.79 Å². The Kier molecular flexibility index (Phi) is 2.87. The summed E-state index contributed by atoms with van der Waals surface area (Å²) < 4.78 is 0. The molecule has 0 saturated carbocycles. The molecule has 0 unspecified atom stereocenters. The van der Waals surface area contributed by atoms with E-state index >= 15 is 0 Å². The second kappa shape index (κ2) is 3.74. The van der Waals surface area contributed by atoms with Crippen LogP contribution in [-0.2, 0) is 9.59 Å². The summed E-state index contributed by atoms with van der Waals surface area (Å²) in [5, 5.41) is 8.81. The van der Waals surface area contributed by atoms with Crippen molar-refractivity contribution in [1.82, 2.24) is 4.90 Å². The first-order chi connectivity index (χ1) is 6.06. The zero-order valence-corrected chi connectivity index (χ0v) is 7.56. The van der Waals surface area contributed by atoms with Gasteiger partial charge in [-0.3, -0.25) is 4.79 Å². The molecule has 1 fully saturated rings. The van der Waals surface area contributed by atoms with Gasteiger partial charge in [0.15, 0.2) is 0 Å². The average Bonchev–Trinajstić information content (AvgIpc) is 2.46. The Balaban J connectivity index is 2.71. The van der Waals surface area contributed by atoms with Gasteiger partial charge in [0.1, 0.15) is 6.04 Å². The van der Waals surface area contributed by atoms with Gasteiger partial charge >= 0.3 is 5.97 Å². The molecule has 13 heavy (non-hydrogen) atoms. The van der Waals surface area contributed by atoms with Crippen LogP contribution in [0.15, 0.2) is 0 Å². The van der Waals surface area contributed by atoms with Gasteiger partial charge < -0.3 is 15.7 Å². The van der Waals surface area contributed by atoms with Crippen molar-refractivity contribution >= 4 is 11.9 Å². The number of amides is 1. The number of rotatable bonds is 2. The van der Waals surface area contributed by atoms with Crippen molar-refractivity contribution < 1.29 is 14.7 Å². The van der Waals surface area contributed by atoms with Crippen molar-refractivity contribution in [1.29, 1.82) is 0 Å². The maximum absolute atomic E-state index is 11.2. The average molecular weight is 186 g/mol. The Morgan fingerprint density at radius 3 is 2.69 bits per heavy atom. The predicted octanol–water partition coefficient (Wildman–Crippen LogP) is -0.733. The quantitative estimate of drug-likeness (QED) is 0.595. The predicted molar refractivity (Wildman–Crippen MR) is 46.0 cm³/mol. The maximum atomic E-state index is 11.2. The molecule has 5 heteroatoms. The minimum Gasteiger partial charge on any atom is -0.480 e. The molecule has 1 aliphatic rings. The third-order valence-corrected chi connectivity index (χ3v) is 2.29. The van der Waals surface area contributed by atoms with Crippen LogP contribution in [0.3, 0.4) is 0 Å². The first kappa shape index (κ1) is 9.98. The highest BCUT2D eigenvalue weighted by Crippen LogP contribution is 2.22. The van der Waals surface area contributed by atoms with E-state index in [1.807, 2.05) is 6.92 Å². The number of aliphatic carboxylic acids is 1. The smallest absolute Gasteiger partial charge is 0.326 e. The summed E-state index contributed by atoms with van der Waals surface area (Å²) >= 11 is 0. The topological polar surface area (TPSA) is 83.6 Å². The fourth-order valence-corrected chi connectivity index (χ4v) is 1.67. The summed E-state index contributed by atoms with van der Waals surface area (Å²) in [6, 6.07) is -0.675. The van der Waals surface area contributed by atoms with E-state index in [1.165, 1.54) is 4.90 Å². The van der Waals surface area contributed by atoms with Crippen LogP contribution in [0.2, 0.25) is 0 Å². The van der Waals surface area contributed by atoms with Crippen LogP contribution >= 0.6 is 0 Å². The number of nitrogens with zero attached hydrogens (tertiary/aromatic N) is 1. The molecule has 0 aromatic rings. The minimum atomic E-state index is -0.939. The van der Waals surface area contributed by atoms with Crippen LogP contribution in [0.4, 0.5) is 0 Å². The van der Waals surface area contributed by atoms with Crippen molar-refractivity contribution in [3.8, 4) is 0 Å². The van der Waals surface area contributed by atoms with Crippen molar-refractivity contribution in [2.24, 2.45) is 11.7 Å². The monoisotopic (exact) mass is 186 g/mol. The molecule has 0 radical (unpaired) electrons. The molecule has 0 aliphatic carbocycles. The Labute approximate surface area is 76.5 Å². The Morgan fingerprint density at radius 2 is 2.23 bits per heavy atom. The van der Waals surface area contributed by atoms with E-state index in [0.717, 1.165) is 0 Å². The Bertz CT molecular complexity index is 229. The van der Waals surface area contributed by atoms with Crippen LogP contribution in [-0.4, -0.2) is 41.0 Å². The number of carboxylic acid groups (broad SMARTS) is 1. The summed E-state index contributed by atoms with van der Waals surface area (Å²) in [4.78, 5) is 23.3. The Hall–Kier alpha value is -1.10. The van der Waals surface area contributed by atoms with E-state index in [9.17, 15) is 9.59 Å². The summed E-state index contributed by atoms with van der Waals surface area (Å²) in [6.07, 6.45) is 0.529. The molecule has 1 amide bonds. The molecule has 3 N–H and O–H groups in total. The van der Waals surface area contributed by atoms with Crippen LogP contribution in [0, 0.1) is 5.92 Å². The van der Waals surface area contributed by atoms with Crippen LogP contribution in [0.25, 0.3) is 0 Å². The zero-order valence-electron chi connectivity index (χ0n) is 7.56. The van der Waals surface area contributed by atoms with Crippen molar-refractivity contribution in [2.45, 2.75) is 19.4 Å². The van der Waals surface area contributed by atoms with Crippen molar-refractivity contribution in [2.75, 3.05) is 13.1 Å². The van der Waals surface area contributed by atoms with E-state index in [0.29, 0.717) is 13.0 Å². The van der Waals surface area contributed by atoms with Gasteiger partial charge in [0.25, 0.3) is 0 Å². The molecule has 1 saturated heterocycles. The van der Waals surface area contributed by atoms with Gasteiger partial charge in [-0.05, 0) is 12.3 Å². The highest BCUT2D eigenvalue weighted by Gasteiger charge is 2.36. The normalized spacial score (nSPS) is 27.7. The minimum absolute atomic E-state index is 0.115. The van der Waals surface area contributed by atoms with Crippen LogP contribution in [0.1, 0.15) is 13.3 Å². The van der Waals surface area contributed by atoms with Gasteiger partial charge in [0, 0.05) is 6.54 Å². The zero-order chi connectivity index (χ0) is 10.0. The molecule has 5 nitrogen and oxygen atoms in total. The van der Waals surface area contributed by atoms with Crippen molar-refractivity contribution in [3.05, 3.63) is 0 Å². The highest BCUT2D eigenvalue weighted by molar-refractivity contribution is 5.85. The summed E-state index contributed by atoms with van der Waals surface area (Å²) in [5.41, 5.74) is 5.18. The van der Waals surface area contributed by atoms with Gasteiger partial charge in [-0.2, -0.15) is 0 Å². The maximum Gasteiger partial charge on any atom is 0.326 e. The molecule has 74 valence electrons. The Morgan fingerprint density at radius 1 is 1.62 bits per heavy atom. The number of carboxylic acids is 1.